The van der Waals surface area contributed by atoms with Crippen LogP contribution in [-0.2, 0) is 0 Å². The summed E-state index contributed by atoms with van der Waals surface area (Å²) >= 11 is 0. The highest BCUT2D eigenvalue weighted by Gasteiger charge is 2.10. The van der Waals surface area contributed by atoms with Gasteiger partial charge in [-0.3, -0.25) is 5.41 Å². The van der Waals surface area contributed by atoms with E-state index in [-0.39, 0.29) is 0 Å². The van der Waals surface area contributed by atoms with Crippen molar-refractivity contribution in [1.29, 1.82) is 5.41 Å². The maximum atomic E-state index is 8.48. The molecule has 2 aromatic rings. The van der Waals surface area contributed by atoms with Gasteiger partial charge in [0.15, 0.2) is 0 Å². The molecule has 0 aliphatic carbocycles. The summed E-state index contributed by atoms with van der Waals surface area (Å²) in [6.07, 6.45) is 5.27. The summed E-state index contributed by atoms with van der Waals surface area (Å²) in [5.41, 5.74) is 2.16. The molecule has 0 aliphatic heterocycles. The van der Waals surface area contributed by atoms with Crippen molar-refractivity contribution in [3.63, 3.8) is 0 Å². The van der Waals surface area contributed by atoms with Gasteiger partial charge in [0.1, 0.15) is 11.6 Å². The van der Waals surface area contributed by atoms with Crippen molar-refractivity contribution >= 4 is 11.5 Å². The molecule has 2 N–H and O–H groups in total. The van der Waals surface area contributed by atoms with Gasteiger partial charge >= 0.3 is 0 Å². The van der Waals surface area contributed by atoms with Gasteiger partial charge in [0.25, 0.3) is 0 Å². The van der Waals surface area contributed by atoms with Crippen LogP contribution in [0.1, 0.15) is 44.2 Å². The van der Waals surface area contributed by atoms with Gasteiger partial charge in [-0.1, -0.05) is 19.8 Å². The van der Waals surface area contributed by atoms with E-state index in [1.54, 1.807) is 6.20 Å². The molecule has 0 saturated carbocycles. The largest absolute Gasteiger partial charge is 0.494 e. The molecular formula is C19H25N3O. The van der Waals surface area contributed by atoms with E-state index >= 15 is 0 Å². The molecule has 0 aliphatic rings. The van der Waals surface area contributed by atoms with E-state index in [1.165, 1.54) is 12.8 Å². The number of ether oxygens (including phenoxy) is 1. The Morgan fingerprint density at radius 2 is 1.91 bits per heavy atom. The third-order valence-electron chi connectivity index (χ3n) is 3.60. The van der Waals surface area contributed by atoms with Gasteiger partial charge in [-0.15, -0.1) is 0 Å². The quantitative estimate of drug-likeness (QED) is 0.529. The molecule has 0 atom stereocenters. The third-order valence-corrected chi connectivity index (χ3v) is 3.60. The van der Waals surface area contributed by atoms with Crippen molar-refractivity contribution in [1.82, 2.24) is 4.98 Å². The van der Waals surface area contributed by atoms with E-state index in [0.717, 1.165) is 35.7 Å². The molecule has 0 unspecified atom stereocenters. The molecule has 4 heteroatoms. The van der Waals surface area contributed by atoms with Gasteiger partial charge in [0, 0.05) is 23.9 Å². The Labute approximate surface area is 138 Å². The number of pyridine rings is 1. The number of unbranched alkanes of at least 4 members (excludes halogenated alkanes) is 2. The standard InChI is InChI=1S/C19H25N3O/c1-3-5-6-13-21-19-17(8-7-14-22-19)18(20)15-9-11-16(12-10-15)23-4-2/h7-12,14,20H,3-6,13H2,1-2H3,(H,21,22). The Balaban J connectivity index is 2.12. The zero-order chi connectivity index (χ0) is 16.5. The maximum absolute atomic E-state index is 8.48. The van der Waals surface area contributed by atoms with E-state index in [4.69, 9.17) is 10.1 Å². The minimum atomic E-state index is 0.471. The monoisotopic (exact) mass is 311 g/mol. The van der Waals surface area contributed by atoms with Crippen molar-refractivity contribution in [3.05, 3.63) is 53.7 Å². The van der Waals surface area contributed by atoms with Crippen LogP contribution < -0.4 is 10.1 Å². The number of nitrogens with zero attached hydrogens (tertiary/aromatic N) is 1. The first-order chi connectivity index (χ1) is 11.3. The topological polar surface area (TPSA) is 58.0 Å². The number of hydrogen-bond acceptors (Lipinski definition) is 4. The van der Waals surface area contributed by atoms with E-state index in [1.807, 2.05) is 43.3 Å². The van der Waals surface area contributed by atoms with Crippen molar-refractivity contribution in [3.8, 4) is 5.75 Å². The summed E-state index contributed by atoms with van der Waals surface area (Å²) in [4.78, 5) is 4.39. The van der Waals surface area contributed by atoms with E-state index in [9.17, 15) is 0 Å². The number of aromatic nitrogens is 1. The number of nitrogens with one attached hydrogen (secondary N) is 2. The van der Waals surface area contributed by atoms with E-state index in [0.29, 0.717) is 12.3 Å². The summed E-state index contributed by atoms with van der Waals surface area (Å²) in [7, 11) is 0. The Morgan fingerprint density at radius 3 is 2.61 bits per heavy atom. The fraction of sp³-hybridized carbons (Fsp3) is 0.368. The Bertz CT molecular complexity index is 623. The van der Waals surface area contributed by atoms with Gasteiger partial charge < -0.3 is 10.1 Å². The molecule has 0 saturated heterocycles. The van der Waals surface area contributed by atoms with Crippen LogP contribution >= 0.6 is 0 Å². The molecule has 0 amide bonds. The molecule has 4 nitrogen and oxygen atoms in total. The predicted octanol–water partition coefficient (Wildman–Crippen LogP) is 4.50. The minimum Gasteiger partial charge on any atom is -0.494 e. The molecule has 23 heavy (non-hydrogen) atoms. The fourth-order valence-electron chi connectivity index (χ4n) is 2.37. The fourth-order valence-corrected chi connectivity index (χ4v) is 2.37. The molecule has 1 aromatic heterocycles. The van der Waals surface area contributed by atoms with Crippen LogP contribution in [0, 0.1) is 5.41 Å². The molecule has 0 spiro atoms. The van der Waals surface area contributed by atoms with Crippen molar-refractivity contribution < 1.29 is 4.74 Å². The molecule has 122 valence electrons. The van der Waals surface area contributed by atoms with Crippen LogP contribution in [-0.4, -0.2) is 23.8 Å². The number of hydrogen-bond donors (Lipinski definition) is 2. The number of rotatable bonds is 9. The second-order valence-electron chi connectivity index (χ2n) is 5.37. The molecule has 1 aromatic carbocycles. The highest BCUT2D eigenvalue weighted by Crippen LogP contribution is 2.19. The van der Waals surface area contributed by atoms with Crippen molar-refractivity contribution in [2.75, 3.05) is 18.5 Å². The number of anilines is 1. The molecule has 0 bridgehead atoms. The normalized spacial score (nSPS) is 10.3. The Kier molecular flexibility index (Phi) is 6.60. The summed E-state index contributed by atoms with van der Waals surface area (Å²) in [6.45, 7) is 5.68. The molecule has 0 fully saturated rings. The second-order valence-corrected chi connectivity index (χ2v) is 5.37. The van der Waals surface area contributed by atoms with Crippen LogP contribution in [0.3, 0.4) is 0 Å². The highest BCUT2D eigenvalue weighted by atomic mass is 16.5. The SMILES string of the molecule is CCCCCNc1ncccc1C(=N)c1ccc(OCC)cc1. The molecule has 1 heterocycles. The lowest BCUT2D eigenvalue weighted by molar-refractivity contribution is 0.340. The summed E-state index contributed by atoms with van der Waals surface area (Å²) in [5, 5.41) is 11.8. The molecule has 0 radical (unpaired) electrons. The van der Waals surface area contributed by atoms with Crippen LogP contribution in [0.5, 0.6) is 5.75 Å². The summed E-state index contributed by atoms with van der Waals surface area (Å²) < 4.78 is 5.45. The molecular weight excluding hydrogens is 286 g/mol. The van der Waals surface area contributed by atoms with Gasteiger partial charge in [-0.25, -0.2) is 4.98 Å². The zero-order valence-corrected chi connectivity index (χ0v) is 13.9. The Hall–Kier alpha value is -2.36. The second kappa shape index (κ2) is 8.93. The first-order valence-corrected chi connectivity index (χ1v) is 8.27. The maximum Gasteiger partial charge on any atom is 0.135 e. The van der Waals surface area contributed by atoms with Gasteiger partial charge in [-0.05, 0) is 49.7 Å². The lowest BCUT2D eigenvalue weighted by Crippen LogP contribution is -2.10. The van der Waals surface area contributed by atoms with E-state index in [2.05, 4.69) is 17.2 Å². The minimum absolute atomic E-state index is 0.471. The summed E-state index contributed by atoms with van der Waals surface area (Å²) in [5.74, 6) is 1.61. The van der Waals surface area contributed by atoms with Crippen LogP contribution in [0.15, 0.2) is 42.6 Å². The first-order valence-electron chi connectivity index (χ1n) is 8.27. The highest BCUT2D eigenvalue weighted by molar-refractivity contribution is 6.13. The van der Waals surface area contributed by atoms with Crippen molar-refractivity contribution in [2.45, 2.75) is 33.1 Å². The molecule has 2 rings (SSSR count). The van der Waals surface area contributed by atoms with Gasteiger partial charge in [0.05, 0.1) is 12.3 Å². The zero-order valence-electron chi connectivity index (χ0n) is 13.9. The van der Waals surface area contributed by atoms with Crippen LogP contribution in [0.4, 0.5) is 5.82 Å². The average Bonchev–Trinajstić information content (AvgIpc) is 2.59. The summed E-state index contributed by atoms with van der Waals surface area (Å²) in [6, 6.07) is 11.4. The average molecular weight is 311 g/mol. The lowest BCUT2D eigenvalue weighted by atomic mass is 10.0. The van der Waals surface area contributed by atoms with E-state index < -0.39 is 0 Å². The lowest BCUT2D eigenvalue weighted by Gasteiger charge is -2.12. The third kappa shape index (κ3) is 4.81. The van der Waals surface area contributed by atoms with Gasteiger partial charge in [-0.2, -0.15) is 0 Å². The smallest absolute Gasteiger partial charge is 0.135 e. The number of benzene rings is 1. The Morgan fingerprint density at radius 1 is 1.13 bits per heavy atom. The van der Waals surface area contributed by atoms with Crippen molar-refractivity contribution in [2.24, 2.45) is 0 Å². The van der Waals surface area contributed by atoms with Crippen LogP contribution in [0.2, 0.25) is 0 Å². The van der Waals surface area contributed by atoms with Crippen LogP contribution in [0.25, 0.3) is 0 Å². The van der Waals surface area contributed by atoms with Gasteiger partial charge in [0.2, 0.25) is 0 Å². The first kappa shape index (κ1) is 17.0. The predicted molar refractivity (Wildman–Crippen MR) is 95.8 cm³/mol.